The van der Waals surface area contributed by atoms with Crippen molar-refractivity contribution in [3.63, 3.8) is 0 Å². The molecule has 0 radical (unpaired) electrons. The van der Waals surface area contributed by atoms with Gasteiger partial charge in [-0.1, -0.05) is 0 Å². The minimum Gasteiger partial charge on any atom is -0.497 e. The van der Waals surface area contributed by atoms with Crippen molar-refractivity contribution in [1.82, 2.24) is 0 Å². The van der Waals surface area contributed by atoms with E-state index in [0.29, 0.717) is 27.6 Å². The van der Waals surface area contributed by atoms with E-state index in [1.807, 2.05) is 0 Å². The van der Waals surface area contributed by atoms with Crippen molar-refractivity contribution < 1.29 is 24.2 Å². The Labute approximate surface area is 131 Å². The van der Waals surface area contributed by atoms with E-state index in [2.05, 4.69) is 5.32 Å². The zero-order chi connectivity index (χ0) is 16.3. The minimum absolute atomic E-state index is 0.207. The van der Waals surface area contributed by atoms with E-state index in [1.54, 1.807) is 31.2 Å². The van der Waals surface area contributed by atoms with E-state index >= 15 is 0 Å². The van der Waals surface area contributed by atoms with Crippen LogP contribution in [-0.4, -0.2) is 31.2 Å². The summed E-state index contributed by atoms with van der Waals surface area (Å²) in [5, 5.41) is 12.2. The molecule has 2 aromatic rings. The Bertz CT molecular complexity index is 700. The van der Waals surface area contributed by atoms with Gasteiger partial charge >= 0.3 is 5.97 Å². The summed E-state index contributed by atoms with van der Waals surface area (Å²) in [4.78, 5) is 23.5. The van der Waals surface area contributed by atoms with Gasteiger partial charge in [-0.3, -0.25) is 4.79 Å². The topological polar surface area (TPSA) is 84.9 Å². The molecule has 0 unspecified atom stereocenters. The highest BCUT2D eigenvalue weighted by Gasteiger charge is 2.15. The fourth-order valence-corrected chi connectivity index (χ4v) is 2.79. The van der Waals surface area contributed by atoms with Crippen molar-refractivity contribution in [3.8, 4) is 11.5 Å². The number of ether oxygens (including phenoxy) is 2. The number of carboxylic acids is 1. The summed E-state index contributed by atoms with van der Waals surface area (Å²) in [5.74, 6) is -0.377. The van der Waals surface area contributed by atoms with Crippen LogP contribution in [-0.2, 0) is 0 Å². The molecule has 6 nitrogen and oxygen atoms in total. The number of carbonyl (C=O) groups excluding carboxylic acids is 1. The molecular weight excluding hydrogens is 306 g/mol. The lowest BCUT2D eigenvalue weighted by Gasteiger charge is -2.08. The van der Waals surface area contributed by atoms with Gasteiger partial charge in [0, 0.05) is 11.6 Å². The standard InChI is InChI=1S/C15H15NO5S/c1-8-4-12(22-13(8)15(18)19)16-14(17)9-5-10(20-2)7-11(6-9)21-3/h4-7H,1-3H3,(H,16,17)(H,18,19). The van der Waals surface area contributed by atoms with Gasteiger partial charge in [-0.25, -0.2) is 4.79 Å². The molecule has 0 spiro atoms. The number of anilines is 1. The Morgan fingerprint density at radius 2 is 1.68 bits per heavy atom. The monoisotopic (exact) mass is 321 g/mol. The van der Waals surface area contributed by atoms with Crippen LogP contribution in [0.2, 0.25) is 0 Å². The average molecular weight is 321 g/mol. The van der Waals surface area contributed by atoms with Crippen molar-refractivity contribution >= 4 is 28.2 Å². The number of aryl methyl sites for hydroxylation is 1. The molecule has 0 aliphatic rings. The molecule has 0 fully saturated rings. The van der Waals surface area contributed by atoms with Gasteiger partial charge in [-0.05, 0) is 30.7 Å². The quantitative estimate of drug-likeness (QED) is 0.884. The molecule has 0 atom stereocenters. The predicted octanol–water partition coefficient (Wildman–Crippen LogP) is 3.02. The third-order valence-corrected chi connectivity index (χ3v) is 4.10. The summed E-state index contributed by atoms with van der Waals surface area (Å²) in [6, 6.07) is 6.45. The fourth-order valence-electron chi connectivity index (χ4n) is 1.88. The van der Waals surface area contributed by atoms with Crippen LogP contribution in [0.1, 0.15) is 25.6 Å². The second-order valence-electron chi connectivity index (χ2n) is 4.48. The fraction of sp³-hybridized carbons (Fsp3) is 0.200. The van der Waals surface area contributed by atoms with Gasteiger partial charge in [0.2, 0.25) is 0 Å². The van der Waals surface area contributed by atoms with Crippen molar-refractivity contribution in [2.24, 2.45) is 0 Å². The molecule has 2 rings (SSSR count). The van der Waals surface area contributed by atoms with E-state index in [9.17, 15) is 9.59 Å². The second-order valence-corrected chi connectivity index (χ2v) is 5.54. The maximum absolute atomic E-state index is 12.3. The first-order chi connectivity index (χ1) is 10.4. The summed E-state index contributed by atoms with van der Waals surface area (Å²) in [6.45, 7) is 1.68. The molecule has 22 heavy (non-hydrogen) atoms. The van der Waals surface area contributed by atoms with Gasteiger partial charge in [0.05, 0.1) is 19.2 Å². The summed E-state index contributed by atoms with van der Waals surface area (Å²) in [7, 11) is 3.00. The normalized spacial score (nSPS) is 10.1. The molecule has 7 heteroatoms. The lowest BCUT2D eigenvalue weighted by molar-refractivity contribution is 0.0701. The van der Waals surface area contributed by atoms with Crippen molar-refractivity contribution in [3.05, 3.63) is 40.3 Å². The molecule has 2 N–H and O–H groups in total. The Balaban J connectivity index is 2.25. The molecule has 1 heterocycles. The number of benzene rings is 1. The van der Waals surface area contributed by atoms with Crippen LogP contribution in [0.5, 0.6) is 11.5 Å². The Morgan fingerprint density at radius 3 is 2.14 bits per heavy atom. The molecule has 1 aromatic heterocycles. The number of amides is 1. The van der Waals surface area contributed by atoms with E-state index < -0.39 is 5.97 Å². The van der Waals surface area contributed by atoms with Crippen LogP contribution in [0.15, 0.2) is 24.3 Å². The molecule has 0 bridgehead atoms. The number of carbonyl (C=O) groups is 2. The van der Waals surface area contributed by atoms with Crippen LogP contribution in [0.25, 0.3) is 0 Å². The maximum Gasteiger partial charge on any atom is 0.346 e. The smallest absolute Gasteiger partial charge is 0.346 e. The third kappa shape index (κ3) is 3.37. The zero-order valence-corrected chi connectivity index (χ0v) is 13.1. The summed E-state index contributed by atoms with van der Waals surface area (Å²) < 4.78 is 10.2. The first-order valence-electron chi connectivity index (χ1n) is 6.32. The lowest BCUT2D eigenvalue weighted by atomic mass is 10.2. The third-order valence-electron chi connectivity index (χ3n) is 2.96. The van der Waals surface area contributed by atoms with Crippen LogP contribution in [0.3, 0.4) is 0 Å². The van der Waals surface area contributed by atoms with Crippen LogP contribution < -0.4 is 14.8 Å². The summed E-state index contributed by atoms with van der Waals surface area (Å²) in [5.41, 5.74) is 0.968. The molecule has 1 amide bonds. The zero-order valence-electron chi connectivity index (χ0n) is 12.3. The van der Waals surface area contributed by atoms with Crippen molar-refractivity contribution in [1.29, 1.82) is 0 Å². The van der Waals surface area contributed by atoms with E-state index in [0.717, 1.165) is 11.3 Å². The molecule has 1 aromatic carbocycles. The molecule has 0 saturated heterocycles. The predicted molar refractivity (Wildman–Crippen MR) is 83.5 cm³/mol. The number of aromatic carboxylic acids is 1. The van der Waals surface area contributed by atoms with Gasteiger partial charge in [-0.15, -0.1) is 11.3 Å². The lowest BCUT2D eigenvalue weighted by Crippen LogP contribution is -2.11. The Hall–Kier alpha value is -2.54. The largest absolute Gasteiger partial charge is 0.497 e. The highest BCUT2D eigenvalue weighted by Crippen LogP contribution is 2.28. The molecule has 0 saturated carbocycles. The number of thiophene rings is 1. The number of rotatable bonds is 5. The van der Waals surface area contributed by atoms with Gasteiger partial charge < -0.3 is 19.9 Å². The van der Waals surface area contributed by atoms with Gasteiger partial charge in [0.25, 0.3) is 5.91 Å². The van der Waals surface area contributed by atoms with E-state index in [1.165, 1.54) is 14.2 Å². The van der Waals surface area contributed by atoms with Crippen molar-refractivity contribution in [2.75, 3.05) is 19.5 Å². The first kappa shape index (κ1) is 15.8. The van der Waals surface area contributed by atoms with E-state index in [4.69, 9.17) is 14.6 Å². The van der Waals surface area contributed by atoms with E-state index in [-0.39, 0.29) is 10.8 Å². The number of hydrogen-bond donors (Lipinski definition) is 2. The minimum atomic E-state index is -1.01. The number of hydrogen-bond acceptors (Lipinski definition) is 5. The number of methoxy groups -OCH3 is 2. The summed E-state index contributed by atoms with van der Waals surface area (Å²) >= 11 is 1.02. The van der Waals surface area contributed by atoms with Gasteiger partial charge in [0.15, 0.2) is 0 Å². The van der Waals surface area contributed by atoms with Gasteiger partial charge in [-0.2, -0.15) is 0 Å². The molecular formula is C15H15NO5S. The van der Waals surface area contributed by atoms with Crippen molar-refractivity contribution in [2.45, 2.75) is 6.92 Å². The molecule has 0 aliphatic carbocycles. The van der Waals surface area contributed by atoms with Crippen LogP contribution in [0.4, 0.5) is 5.00 Å². The molecule has 116 valence electrons. The maximum atomic E-state index is 12.3. The van der Waals surface area contributed by atoms with Crippen LogP contribution >= 0.6 is 11.3 Å². The Kier molecular flexibility index (Phi) is 4.67. The second kappa shape index (κ2) is 6.48. The highest BCUT2D eigenvalue weighted by atomic mass is 32.1. The average Bonchev–Trinajstić information content (AvgIpc) is 2.87. The summed E-state index contributed by atoms with van der Waals surface area (Å²) in [6.07, 6.45) is 0. The van der Waals surface area contributed by atoms with Gasteiger partial charge in [0.1, 0.15) is 16.4 Å². The number of nitrogens with one attached hydrogen (secondary N) is 1. The Morgan fingerprint density at radius 1 is 1.09 bits per heavy atom. The highest BCUT2D eigenvalue weighted by molar-refractivity contribution is 7.18. The first-order valence-corrected chi connectivity index (χ1v) is 7.14. The molecule has 0 aliphatic heterocycles. The number of carboxylic acid groups (broad SMARTS) is 1. The SMILES string of the molecule is COc1cc(OC)cc(C(=O)Nc2cc(C)c(C(=O)O)s2)c1. The van der Waals surface area contributed by atoms with Crippen LogP contribution in [0, 0.1) is 6.92 Å².